The first kappa shape index (κ1) is 13.1. The van der Waals surface area contributed by atoms with Crippen molar-refractivity contribution >= 4 is 39.7 Å². The molecule has 1 N–H and O–H groups in total. The van der Waals surface area contributed by atoms with Crippen LogP contribution >= 0.6 is 22.9 Å². The standard InChI is InChI=1S/C15H11ClN2OS/c16-14-8-12(11-5-1-2-6-13(11)18-14)15(19)17-9-10-4-3-7-20-10/h1-8H,9H2,(H,17,19). The Morgan fingerprint density at radius 3 is 2.90 bits per heavy atom. The van der Waals surface area contributed by atoms with Gasteiger partial charge in [0.1, 0.15) is 5.15 Å². The minimum Gasteiger partial charge on any atom is -0.347 e. The Balaban J connectivity index is 1.90. The highest BCUT2D eigenvalue weighted by atomic mass is 35.5. The molecule has 3 nitrogen and oxygen atoms in total. The molecule has 0 spiro atoms. The molecule has 20 heavy (non-hydrogen) atoms. The zero-order valence-electron chi connectivity index (χ0n) is 10.5. The maximum atomic E-state index is 12.3. The van der Waals surface area contributed by atoms with E-state index in [-0.39, 0.29) is 5.91 Å². The molecule has 0 aliphatic rings. The summed E-state index contributed by atoms with van der Waals surface area (Å²) in [4.78, 5) is 17.6. The van der Waals surface area contributed by atoms with Crippen molar-refractivity contribution in [2.75, 3.05) is 0 Å². The number of thiophene rings is 1. The van der Waals surface area contributed by atoms with Crippen LogP contribution in [-0.4, -0.2) is 10.9 Å². The quantitative estimate of drug-likeness (QED) is 0.746. The summed E-state index contributed by atoms with van der Waals surface area (Å²) in [6.45, 7) is 0.519. The number of fused-ring (bicyclic) bond motifs is 1. The third kappa shape index (κ3) is 2.66. The number of benzene rings is 1. The van der Waals surface area contributed by atoms with Crippen LogP contribution in [0, 0.1) is 0 Å². The van der Waals surface area contributed by atoms with Crippen LogP contribution in [0.4, 0.5) is 0 Å². The second kappa shape index (κ2) is 5.61. The van der Waals surface area contributed by atoms with Gasteiger partial charge >= 0.3 is 0 Å². The Morgan fingerprint density at radius 1 is 1.25 bits per heavy atom. The number of amides is 1. The van der Waals surface area contributed by atoms with E-state index in [1.165, 1.54) is 0 Å². The van der Waals surface area contributed by atoms with Gasteiger partial charge in [-0.3, -0.25) is 4.79 Å². The highest BCUT2D eigenvalue weighted by Gasteiger charge is 2.12. The monoisotopic (exact) mass is 302 g/mol. The third-order valence-corrected chi connectivity index (χ3v) is 4.00. The number of halogens is 1. The number of hydrogen-bond donors (Lipinski definition) is 1. The fraction of sp³-hybridized carbons (Fsp3) is 0.0667. The summed E-state index contributed by atoms with van der Waals surface area (Å²) < 4.78 is 0. The Kier molecular flexibility index (Phi) is 3.67. The maximum absolute atomic E-state index is 12.3. The first-order chi connectivity index (χ1) is 9.74. The van der Waals surface area contributed by atoms with Gasteiger partial charge in [0.2, 0.25) is 0 Å². The van der Waals surface area contributed by atoms with Crippen molar-refractivity contribution in [1.29, 1.82) is 0 Å². The number of nitrogens with zero attached hydrogens (tertiary/aromatic N) is 1. The lowest BCUT2D eigenvalue weighted by atomic mass is 10.1. The molecule has 0 fully saturated rings. The van der Waals surface area contributed by atoms with Gasteiger partial charge in [-0.25, -0.2) is 4.98 Å². The van der Waals surface area contributed by atoms with Crippen LogP contribution in [0.15, 0.2) is 47.8 Å². The van der Waals surface area contributed by atoms with Crippen LogP contribution < -0.4 is 5.32 Å². The minimum atomic E-state index is -0.140. The molecule has 0 saturated carbocycles. The number of rotatable bonds is 3. The predicted molar refractivity (Wildman–Crippen MR) is 82.2 cm³/mol. The first-order valence-electron chi connectivity index (χ1n) is 6.10. The molecule has 0 aliphatic heterocycles. The van der Waals surface area contributed by atoms with Gasteiger partial charge in [-0.15, -0.1) is 11.3 Å². The number of pyridine rings is 1. The van der Waals surface area contributed by atoms with Crippen LogP contribution in [0.2, 0.25) is 5.15 Å². The summed E-state index contributed by atoms with van der Waals surface area (Å²) in [5, 5.41) is 6.02. The predicted octanol–water partition coefficient (Wildman–Crippen LogP) is 3.88. The molecule has 3 aromatic rings. The topological polar surface area (TPSA) is 42.0 Å². The van der Waals surface area contributed by atoms with Crippen molar-refractivity contribution in [2.45, 2.75) is 6.54 Å². The molecule has 5 heteroatoms. The SMILES string of the molecule is O=C(NCc1cccs1)c1cc(Cl)nc2ccccc12. The fourth-order valence-corrected chi connectivity index (χ4v) is 2.85. The average Bonchev–Trinajstić information content (AvgIpc) is 2.97. The summed E-state index contributed by atoms with van der Waals surface area (Å²) in [6.07, 6.45) is 0. The number of nitrogens with one attached hydrogen (secondary N) is 1. The van der Waals surface area contributed by atoms with E-state index in [1.807, 2.05) is 41.8 Å². The van der Waals surface area contributed by atoms with Crippen molar-refractivity contribution in [3.05, 3.63) is 63.4 Å². The lowest BCUT2D eigenvalue weighted by Crippen LogP contribution is -2.22. The van der Waals surface area contributed by atoms with Crippen molar-refractivity contribution in [3.63, 3.8) is 0 Å². The van der Waals surface area contributed by atoms with Crippen LogP contribution in [0.25, 0.3) is 10.9 Å². The lowest BCUT2D eigenvalue weighted by molar-refractivity contribution is 0.0953. The van der Waals surface area contributed by atoms with Gasteiger partial charge in [-0.2, -0.15) is 0 Å². The largest absolute Gasteiger partial charge is 0.347 e. The minimum absolute atomic E-state index is 0.140. The van der Waals surface area contributed by atoms with Crippen molar-refractivity contribution in [1.82, 2.24) is 10.3 Å². The van der Waals surface area contributed by atoms with E-state index < -0.39 is 0 Å². The Morgan fingerprint density at radius 2 is 2.10 bits per heavy atom. The Hall–Kier alpha value is -1.91. The van der Waals surface area contributed by atoms with Gasteiger partial charge in [0, 0.05) is 10.3 Å². The van der Waals surface area contributed by atoms with E-state index in [2.05, 4.69) is 10.3 Å². The molecule has 0 saturated heterocycles. The summed E-state index contributed by atoms with van der Waals surface area (Å²) in [6, 6.07) is 13.0. The van der Waals surface area contributed by atoms with Gasteiger partial charge in [0.15, 0.2) is 0 Å². The van der Waals surface area contributed by atoms with Crippen LogP contribution in [-0.2, 0) is 6.54 Å². The highest BCUT2D eigenvalue weighted by Crippen LogP contribution is 2.21. The Bertz CT molecular complexity index is 756. The van der Waals surface area contributed by atoms with Crippen LogP contribution in [0.1, 0.15) is 15.2 Å². The fourth-order valence-electron chi connectivity index (χ4n) is 2.01. The molecule has 1 aromatic carbocycles. The number of carbonyl (C=O) groups is 1. The molecular formula is C15H11ClN2OS. The highest BCUT2D eigenvalue weighted by molar-refractivity contribution is 7.09. The van der Waals surface area contributed by atoms with Crippen molar-refractivity contribution < 1.29 is 4.79 Å². The number of hydrogen-bond acceptors (Lipinski definition) is 3. The first-order valence-corrected chi connectivity index (χ1v) is 7.35. The van der Waals surface area contributed by atoms with E-state index >= 15 is 0 Å². The normalized spacial score (nSPS) is 10.7. The molecule has 3 rings (SSSR count). The molecule has 100 valence electrons. The second-order valence-corrected chi connectivity index (χ2v) is 5.69. The molecule has 0 aliphatic carbocycles. The molecule has 0 radical (unpaired) electrons. The average molecular weight is 303 g/mol. The molecule has 0 unspecified atom stereocenters. The molecule has 0 atom stereocenters. The summed E-state index contributed by atoms with van der Waals surface area (Å²) in [5.74, 6) is -0.140. The molecule has 1 amide bonds. The van der Waals surface area contributed by atoms with Crippen molar-refractivity contribution in [2.24, 2.45) is 0 Å². The van der Waals surface area contributed by atoms with Gasteiger partial charge in [-0.1, -0.05) is 35.9 Å². The zero-order chi connectivity index (χ0) is 13.9. The molecular weight excluding hydrogens is 292 g/mol. The summed E-state index contributed by atoms with van der Waals surface area (Å²) >= 11 is 7.59. The van der Waals surface area contributed by atoms with Crippen molar-refractivity contribution in [3.8, 4) is 0 Å². The molecule has 2 aromatic heterocycles. The number of carbonyl (C=O) groups excluding carboxylic acids is 1. The number of aromatic nitrogens is 1. The van der Waals surface area contributed by atoms with E-state index in [1.54, 1.807) is 17.4 Å². The zero-order valence-corrected chi connectivity index (χ0v) is 12.0. The van der Waals surface area contributed by atoms with E-state index in [4.69, 9.17) is 11.6 Å². The van der Waals surface area contributed by atoms with E-state index in [0.29, 0.717) is 17.3 Å². The summed E-state index contributed by atoms with van der Waals surface area (Å²) in [7, 11) is 0. The van der Waals surface area contributed by atoms with Gasteiger partial charge in [0.05, 0.1) is 17.6 Å². The van der Waals surface area contributed by atoms with Gasteiger partial charge in [0.25, 0.3) is 5.91 Å². The van der Waals surface area contributed by atoms with Gasteiger partial charge in [-0.05, 0) is 23.6 Å². The molecule has 2 heterocycles. The van der Waals surface area contributed by atoms with E-state index in [0.717, 1.165) is 15.8 Å². The number of para-hydroxylation sites is 1. The second-order valence-electron chi connectivity index (χ2n) is 4.27. The Labute approximate surface area is 125 Å². The van der Waals surface area contributed by atoms with Crippen LogP contribution in [0.3, 0.4) is 0 Å². The van der Waals surface area contributed by atoms with E-state index in [9.17, 15) is 4.79 Å². The lowest BCUT2D eigenvalue weighted by Gasteiger charge is -2.07. The van der Waals surface area contributed by atoms with Gasteiger partial charge < -0.3 is 5.32 Å². The molecule has 0 bridgehead atoms. The van der Waals surface area contributed by atoms with Crippen LogP contribution in [0.5, 0.6) is 0 Å². The summed E-state index contributed by atoms with van der Waals surface area (Å²) in [5.41, 5.74) is 1.28. The third-order valence-electron chi connectivity index (χ3n) is 2.93. The maximum Gasteiger partial charge on any atom is 0.252 e. The smallest absolute Gasteiger partial charge is 0.252 e.